The van der Waals surface area contributed by atoms with Gasteiger partial charge in [-0.2, -0.15) is 0 Å². The second-order valence-corrected chi connectivity index (χ2v) is 2.34. The normalized spacial score (nSPS) is 10.5. The summed E-state index contributed by atoms with van der Waals surface area (Å²) in [4.78, 5) is 21.3. The van der Waals surface area contributed by atoms with E-state index in [1.807, 2.05) is 0 Å². The number of nitrogens with zero attached hydrogens (tertiary/aromatic N) is 1. The van der Waals surface area contributed by atoms with Crippen LogP contribution in [0.1, 0.15) is 12.1 Å². The Labute approximate surface area is 75.0 Å². The molecule has 0 aliphatic carbocycles. The maximum atomic E-state index is 12.2. The summed E-state index contributed by atoms with van der Waals surface area (Å²) in [6.07, 6.45) is -3.23. The number of aromatic hydroxyl groups is 1. The predicted molar refractivity (Wildman–Crippen MR) is 40.3 cm³/mol. The van der Waals surface area contributed by atoms with Crippen LogP contribution < -0.4 is 5.56 Å². The Morgan fingerprint density at radius 2 is 2.14 bits per heavy atom. The SMILES string of the molecule is O=c1cc(O)c([N+](=O)[O-])c(C(F)F)[nH]1. The van der Waals surface area contributed by atoms with Gasteiger partial charge in [0.15, 0.2) is 5.69 Å². The van der Waals surface area contributed by atoms with Gasteiger partial charge in [0.05, 0.1) is 11.0 Å². The lowest BCUT2D eigenvalue weighted by Crippen LogP contribution is -2.10. The molecule has 0 bridgehead atoms. The van der Waals surface area contributed by atoms with E-state index in [4.69, 9.17) is 5.11 Å². The molecule has 0 saturated heterocycles. The summed E-state index contributed by atoms with van der Waals surface area (Å²) in [5, 5.41) is 19.1. The number of rotatable bonds is 2. The highest BCUT2D eigenvalue weighted by Crippen LogP contribution is 2.32. The van der Waals surface area contributed by atoms with Crippen LogP contribution in [-0.4, -0.2) is 15.0 Å². The van der Waals surface area contributed by atoms with Crippen molar-refractivity contribution < 1.29 is 18.8 Å². The van der Waals surface area contributed by atoms with Gasteiger partial charge in [-0.05, 0) is 0 Å². The van der Waals surface area contributed by atoms with E-state index in [9.17, 15) is 23.7 Å². The lowest BCUT2D eigenvalue weighted by Gasteiger charge is -2.01. The minimum absolute atomic E-state index is 0.462. The van der Waals surface area contributed by atoms with Crippen LogP contribution in [0.5, 0.6) is 5.75 Å². The average molecular weight is 206 g/mol. The van der Waals surface area contributed by atoms with Crippen molar-refractivity contribution in [1.82, 2.24) is 4.98 Å². The summed E-state index contributed by atoms with van der Waals surface area (Å²) < 4.78 is 24.3. The van der Waals surface area contributed by atoms with Gasteiger partial charge in [0.25, 0.3) is 12.0 Å². The summed E-state index contributed by atoms with van der Waals surface area (Å²) in [5.74, 6) is -1.07. The van der Waals surface area contributed by atoms with Crippen LogP contribution in [0.4, 0.5) is 14.5 Å². The molecule has 1 aromatic heterocycles. The molecule has 76 valence electrons. The Morgan fingerprint density at radius 3 is 2.57 bits per heavy atom. The van der Waals surface area contributed by atoms with E-state index in [1.165, 1.54) is 0 Å². The first-order valence-corrected chi connectivity index (χ1v) is 3.32. The third-order valence-corrected chi connectivity index (χ3v) is 1.42. The molecule has 1 rings (SSSR count). The smallest absolute Gasteiger partial charge is 0.335 e. The molecule has 0 amide bonds. The zero-order valence-electron chi connectivity index (χ0n) is 6.53. The predicted octanol–water partition coefficient (Wildman–Crippen LogP) is 0.926. The van der Waals surface area contributed by atoms with E-state index in [1.54, 1.807) is 4.98 Å². The number of halogens is 2. The molecule has 0 fully saturated rings. The Balaban J connectivity index is 3.52. The van der Waals surface area contributed by atoms with Crippen molar-refractivity contribution in [3.05, 3.63) is 32.2 Å². The maximum absolute atomic E-state index is 12.2. The van der Waals surface area contributed by atoms with Gasteiger partial charge >= 0.3 is 5.69 Å². The summed E-state index contributed by atoms with van der Waals surface area (Å²) in [5.41, 5.74) is -3.40. The quantitative estimate of drug-likeness (QED) is 0.555. The number of hydrogen-bond donors (Lipinski definition) is 2. The van der Waals surface area contributed by atoms with Crippen molar-refractivity contribution in [3.8, 4) is 5.75 Å². The number of pyridine rings is 1. The molecule has 0 aliphatic heterocycles. The van der Waals surface area contributed by atoms with E-state index in [-0.39, 0.29) is 0 Å². The lowest BCUT2D eigenvalue weighted by atomic mass is 10.3. The van der Waals surface area contributed by atoms with E-state index < -0.39 is 34.0 Å². The number of nitrogens with one attached hydrogen (secondary N) is 1. The Hall–Kier alpha value is -1.99. The highest BCUT2D eigenvalue weighted by molar-refractivity contribution is 5.48. The number of hydrogen-bond acceptors (Lipinski definition) is 4. The number of H-pyrrole nitrogens is 1. The van der Waals surface area contributed by atoms with Gasteiger partial charge < -0.3 is 10.1 Å². The van der Waals surface area contributed by atoms with Crippen molar-refractivity contribution in [2.45, 2.75) is 6.43 Å². The zero-order valence-corrected chi connectivity index (χ0v) is 6.53. The Morgan fingerprint density at radius 1 is 1.57 bits per heavy atom. The van der Waals surface area contributed by atoms with Gasteiger partial charge in [-0.15, -0.1) is 0 Å². The van der Waals surface area contributed by atoms with Crippen LogP contribution in [0.15, 0.2) is 10.9 Å². The Bertz CT molecular complexity index is 428. The first-order chi connectivity index (χ1) is 6.43. The first kappa shape index (κ1) is 10.1. The molecular formula is C6H4F2N2O4. The highest BCUT2D eigenvalue weighted by Gasteiger charge is 2.27. The fourth-order valence-corrected chi connectivity index (χ4v) is 0.908. The van der Waals surface area contributed by atoms with Crippen molar-refractivity contribution in [3.63, 3.8) is 0 Å². The minimum atomic E-state index is -3.23. The maximum Gasteiger partial charge on any atom is 0.335 e. The van der Waals surface area contributed by atoms with Crippen molar-refractivity contribution in [2.24, 2.45) is 0 Å². The summed E-state index contributed by atoms with van der Waals surface area (Å²) >= 11 is 0. The monoisotopic (exact) mass is 206 g/mol. The number of aromatic amines is 1. The van der Waals surface area contributed by atoms with E-state index in [0.717, 1.165) is 0 Å². The number of aromatic nitrogens is 1. The third kappa shape index (κ3) is 1.68. The number of nitro groups is 1. The summed E-state index contributed by atoms with van der Waals surface area (Å²) in [6, 6.07) is 0.462. The molecular weight excluding hydrogens is 202 g/mol. The third-order valence-electron chi connectivity index (χ3n) is 1.42. The molecule has 2 N–H and O–H groups in total. The highest BCUT2D eigenvalue weighted by atomic mass is 19.3. The van der Waals surface area contributed by atoms with Gasteiger partial charge in [0.2, 0.25) is 5.75 Å². The summed E-state index contributed by atoms with van der Waals surface area (Å²) in [7, 11) is 0. The van der Waals surface area contributed by atoms with Gasteiger partial charge in [-0.3, -0.25) is 14.9 Å². The molecule has 14 heavy (non-hydrogen) atoms. The van der Waals surface area contributed by atoms with Crippen molar-refractivity contribution in [1.29, 1.82) is 0 Å². The molecule has 6 nitrogen and oxygen atoms in total. The van der Waals surface area contributed by atoms with Crippen LogP contribution in [0.2, 0.25) is 0 Å². The fraction of sp³-hybridized carbons (Fsp3) is 0.167. The Kier molecular flexibility index (Phi) is 2.45. The first-order valence-electron chi connectivity index (χ1n) is 3.32. The standard InChI is InChI=1S/C6H4F2N2O4/c7-6(8)4-5(10(13)14)2(11)1-3(12)9-4/h1,6H,(H2,9,11,12). The molecule has 0 spiro atoms. The molecule has 0 radical (unpaired) electrons. The van der Waals surface area contributed by atoms with Crippen LogP contribution >= 0.6 is 0 Å². The second-order valence-electron chi connectivity index (χ2n) is 2.34. The van der Waals surface area contributed by atoms with E-state index in [2.05, 4.69) is 0 Å². The lowest BCUT2D eigenvalue weighted by molar-refractivity contribution is -0.387. The van der Waals surface area contributed by atoms with E-state index in [0.29, 0.717) is 6.07 Å². The van der Waals surface area contributed by atoms with Crippen molar-refractivity contribution >= 4 is 5.69 Å². The molecule has 0 aromatic carbocycles. The van der Waals surface area contributed by atoms with Gasteiger partial charge in [-0.25, -0.2) is 8.78 Å². The molecule has 0 aliphatic rings. The molecule has 1 heterocycles. The average Bonchev–Trinajstić information content (AvgIpc) is 2.01. The van der Waals surface area contributed by atoms with Crippen molar-refractivity contribution in [2.75, 3.05) is 0 Å². The number of alkyl halides is 2. The molecule has 8 heteroatoms. The fourth-order valence-electron chi connectivity index (χ4n) is 0.908. The summed E-state index contributed by atoms with van der Waals surface area (Å²) in [6.45, 7) is 0. The largest absolute Gasteiger partial charge is 0.502 e. The van der Waals surface area contributed by atoms with Gasteiger partial charge in [0.1, 0.15) is 0 Å². The van der Waals surface area contributed by atoms with Crippen LogP contribution in [0.3, 0.4) is 0 Å². The molecule has 0 unspecified atom stereocenters. The molecule has 0 atom stereocenters. The second kappa shape index (κ2) is 3.40. The topological polar surface area (TPSA) is 96.2 Å². The van der Waals surface area contributed by atoms with Crippen LogP contribution in [0, 0.1) is 10.1 Å². The van der Waals surface area contributed by atoms with Crippen LogP contribution in [-0.2, 0) is 0 Å². The van der Waals surface area contributed by atoms with Gasteiger partial charge in [0, 0.05) is 0 Å². The minimum Gasteiger partial charge on any atom is -0.502 e. The zero-order chi connectivity index (χ0) is 10.9. The van der Waals surface area contributed by atoms with Crippen LogP contribution in [0.25, 0.3) is 0 Å². The van der Waals surface area contributed by atoms with E-state index >= 15 is 0 Å². The van der Waals surface area contributed by atoms with Gasteiger partial charge in [-0.1, -0.05) is 0 Å². The molecule has 1 aromatic rings. The molecule has 0 saturated carbocycles.